The van der Waals surface area contributed by atoms with Gasteiger partial charge in [-0.25, -0.2) is 4.67 Å². The molecule has 0 heterocycles. The van der Waals surface area contributed by atoms with Gasteiger partial charge in [-0.1, -0.05) is 44.2 Å². The van der Waals surface area contributed by atoms with Crippen LogP contribution in [0.15, 0.2) is 54.6 Å². The number of aliphatic hydroxyl groups excluding tert-OH is 1. The van der Waals surface area contributed by atoms with Gasteiger partial charge in [0.2, 0.25) is 0 Å². The van der Waals surface area contributed by atoms with Crippen LogP contribution in [0.3, 0.4) is 0 Å². The average Bonchev–Trinajstić information content (AvgIpc) is 2.62. The monoisotopic (exact) mass is 392 g/mol. The molecule has 7 heteroatoms. The number of phenols is 1. The number of hydrogen-bond acceptors (Lipinski definition) is 4. The van der Waals surface area contributed by atoms with Gasteiger partial charge < -0.3 is 20.8 Å². The Bertz CT molecular complexity index is 752. The minimum absolute atomic E-state index is 0.0131. The van der Waals surface area contributed by atoms with Gasteiger partial charge in [0, 0.05) is 19.1 Å². The van der Waals surface area contributed by atoms with Crippen molar-refractivity contribution in [1.29, 1.82) is 0 Å². The minimum Gasteiger partial charge on any atom is -0.508 e. The molecule has 2 aromatic rings. The van der Waals surface area contributed by atoms with Gasteiger partial charge in [0.1, 0.15) is 5.75 Å². The summed E-state index contributed by atoms with van der Waals surface area (Å²) in [6.07, 6.45) is -0.478. The van der Waals surface area contributed by atoms with Crippen LogP contribution >= 0.6 is 7.52 Å². The SMILES string of the molecule is CC(C)CN(CC(O)C(N)Cc1ccccc1)P(=O)(O)c1ccc(O)cc1. The Labute approximate surface area is 160 Å². The maximum Gasteiger partial charge on any atom is 0.299 e. The Morgan fingerprint density at radius 2 is 1.63 bits per heavy atom. The Morgan fingerprint density at radius 3 is 2.19 bits per heavy atom. The Hall–Kier alpha value is -1.69. The molecular weight excluding hydrogens is 363 g/mol. The largest absolute Gasteiger partial charge is 0.508 e. The molecule has 0 spiro atoms. The van der Waals surface area contributed by atoms with Gasteiger partial charge in [-0.15, -0.1) is 0 Å². The van der Waals surface area contributed by atoms with Crippen molar-refractivity contribution in [2.24, 2.45) is 11.7 Å². The van der Waals surface area contributed by atoms with E-state index in [1.165, 1.54) is 28.9 Å². The Kier molecular flexibility index (Phi) is 7.59. The van der Waals surface area contributed by atoms with Gasteiger partial charge in [0.25, 0.3) is 7.52 Å². The molecule has 2 aromatic carbocycles. The van der Waals surface area contributed by atoms with Crippen LogP contribution in [0.5, 0.6) is 5.75 Å². The summed E-state index contributed by atoms with van der Waals surface area (Å²) >= 11 is 0. The first-order valence-electron chi connectivity index (χ1n) is 9.05. The third kappa shape index (κ3) is 6.16. The fourth-order valence-corrected chi connectivity index (χ4v) is 4.70. The van der Waals surface area contributed by atoms with Gasteiger partial charge in [0.15, 0.2) is 0 Å². The van der Waals surface area contributed by atoms with Crippen molar-refractivity contribution in [1.82, 2.24) is 4.67 Å². The number of aromatic hydroxyl groups is 1. The van der Waals surface area contributed by atoms with Crippen molar-refractivity contribution in [3.8, 4) is 5.75 Å². The molecule has 0 amide bonds. The molecule has 0 saturated carbocycles. The summed E-state index contributed by atoms with van der Waals surface area (Å²) in [4.78, 5) is 10.8. The quantitative estimate of drug-likeness (QED) is 0.487. The van der Waals surface area contributed by atoms with E-state index in [2.05, 4.69) is 0 Å². The molecule has 148 valence electrons. The van der Waals surface area contributed by atoms with E-state index in [1.807, 2.05) is 44.2 Å². The Balaban J connectivity index is 2.15. The summed E-state index contributed by atoms with van der Waals surface area (Å²) in [6.45, 7) is 4.21. The van der Waals surface area contributed by atoms with Crippen molar-refractivity contribution >= 4 is 12.8 Å². The standard InChI is InChI=1S/C20H29N2O4P/c1-15(2)13-22(27(25,26)18-10-8-17(23)9-11-18)14-20(24)19(21)12-16-6-4-3-5-7-16/h3-11,15,19-20,23-24H,12-14,21H2,1-2H3,(H,25,26). The molecule has 3 atom stereocenters. The molecule has 3 unspecified atom stereocenters. The number of aliphatic hydroxyl groups is 1. The van der Waals surface area contributed by atoms with E-state index in [0.29, 0.717) is 13.0 Å². The molecule has 0 aliphatic carbocycles. The van der Waals surface area contributed by atoms with Crippen molar-refractivity contribution < 1.29 is 19.7 Å². The molecule has 0 bridgehead atoms. The highest BCUT2D eigenvalue weighted by atomic mass is 31.2. The van der Waals surface area contributed by atoms with Crippen LogP contribution in [0.2, 0.25) is 0 Å². The van der Waals surface area contributed by atoms with Crippen LogP contribution < -0.4 is 11.0 Å². The molecular formula is C20H29N2O4P. The molecule has 5 N–H and O–H groups in total. The van der Waals surface area contributed by atoms with Crippen LogP contribution in [0, 0.1) is 5.92 Å². The van der Waals surface area contributed by atoms with Crippen LogP contribution in [0.4, 0.5) is 0 Å². The highest BCUT2D eigenvalue weighted by Gasteiger charge is 2.33. The lowest BCUT2D eigenvalue weighted by atomic mass is 10.0. The van der Waals surface area contributed by atoms with Gasteiger partial charge >= 0.3 is 0 Å². The lowest BCUT2D eigenvalue weighted by Gasteiger charge is -2.32. The van der Waals surface area contributed by atoms with E-state index in [9.17, 15) is 19.7 Å². The van der Waals surface area contributed by atoms with E-state index < -0.39 is 19.7 Å². The average molecular weight is 392 g/mol. The van der Waals surface area contributed by atoms with Crippen LogP contribution in [0.1, 0.15) is 19.4 Å². The second kappa shape index (κ2) is 9.49. The van der Waals surface area contributed by atoms with E-state index >= 15 is 0 Å². The van der Waals surface area contributed by atoms with Crippen molar-refractivity contribution in [3.05, 3.63) is 60.2 Å². The number of nitrogens with zero attached hydrogens (tertiary/aromatic N) is 1. The Morgan fingerprint density at radius 1 is 1.04 bits per heavy atom. The van der Waals surface area contributed by atoms with Crippen LogP contribution in [-0.2, 0) is 11.0 Å². The lowest BCUT2D eigenvalue weighted by molar-refractivity contribution is 0.112. The maximum atomic E-state index is 13.1. The predicted molar refractivity (Wildman–Crippen MR) is 108 cm³/mol. The second-order valence-corrected chi connectivity index (χ2v) is 9.42. The summed E-state index contributed by atoms with van der Waals surface area (Å²) in [7, 11) is -3.90. The van der Waals surface area contributed by atoms with E-state index in [-0.39, 0.29) is 23.5 Å². The molecule has 0 aliphatic rings. The number of hydrogen-bond donors (Lipinski definition) is 4. The first-order valence-corrected chi connectivity index (χ1v) is 10.7. The first-order chi connectivity index (χ1) is 12.7. The number of rotatable bonds is 9. The summed E-state index contributed by atoms with van der Waals surface area (Å²) in [6, 6.07) is 14.7. The summed E-state index contributed by atoms with van der Waals surface area (Å²) in [5.41, 5.74) is 7.15. The van der Waals surface area contributed by atoms with Gasteiger partial charge in [-0.2, -0.15) is 0 Å². The van der Waals surface area contributed by atoms with Crippen molar-refractivity contribution in [2.45, 2.75) is 32.4 Å². The smallest absolute Gasteiger partial charge is 0.299 e. The molecule has 6 nitrogen and oxygen atoms in total. The van der Waals surface area contributed by atoms with Crippen LogP contribution in [-0.4, -0.2) is 45.0 Å². The fourth-order valence-electron chi connectivity index (χ4n) is 2.90. The zero-order chi connectivity index (χ0) is 20.0. The molecule has 0 aromatic heterocycles. The van der Waals surface area contributed by atoms with Gasteiger partial charge in [-0.3, -0.25) is 4.57 Å². The molecule has 0 radical (unpaired) electrons. The third-order valence-corrected chi connectivity index (χ3v) is 6.42. The number of phenolic OH excluding ortho intramolecular Hbond substituents is 1. The van der Waals surface area contributed by atoms with Crippen LogP contribution in [0.25, 0.3) is 0 Å². The highest BCUT2D eigenvalue weighted by molar-refractivity contribution is 7.63. The van der Waals surface area contributed by atoms with E-state index in [4.69, 9.17) is 5.73 Å². The second-order valence-electron chi connectivity index (χ2n) is 7.25. The fraction of sp³-hybridized carbons (Fsp3) is 0.400. The first kappa shape index (κ1) is 21.6. The van der Waals surface area contributed by atoms with E-state index in [0.717, 1.165) is 5.56 Å². The maximum absolute atomic E-state index is 13.1. The van der Waals surface area contributed by atoms with Crippen molar-refractivity contribution in [3.63, 3.8) is 0 Å². The number of nitrogens with two attached hydrogens (primary N) is 1. The summed E-state index contributed by atoms with van der Waals surface area (Å²) in [5, 5.41) is 20.2. The molecule has 0 saturated heterocycles. The zero-order valence-electron chi connectivity index (χ0n) is 15.8. The highest BCUT2D eigenvalue weighted by Crippen LogP contribution is 2.44. The summed E-state index contributed by atoms with van der Waals surface area (Å²) in [5.74, 6) is 0.152. The predicted octanol–water partition coefficient (Wildman–Crippen LogP) is 2.09. The van der Waals surface area contributed by atoms with Gasteiger partial charge in [-0.05, 0) is 42.2 Å². The third-order valence-electron chi connectivity index (χ3n) is 4.35. The minimum atomic E-state index is -3.90. The molecule has 2 rings (SSSR count). The number of benzene rings is 2. The molecule has 27 heavy (non-hydrogen) atoms. The summed E-state index contributed by atoms with van der Waals surface area (Å²) < 4.78 is 14.5. The van der Waals surface area contributed by atoms with Gasteiger partial charge in [0.05, 0.1) is 11.4 Å². The molecule has 0 aliphatic heterocycles. The molecule has 0 fully saturated rings. The normalized spacial score (nSPS) is 16.3. The zero-order valence-corrected chi connectivity index (χ0v) is 16.7. The topological polar surface area (TPSA) is 107 Å². The van der Waals surface area contributed by atoms with Crippen molar-refractivity contribution in [2.75, 3.05) is 13.1 Å². The lowest BCUT2D eigenvalue weighted by Crippen LogP contribution is -2.45. The van der Waals surface area contributed by atoms with E-state index in [1.54, 1.807) is 0 Å².